The molecule has 2 bridgehead atoms. The molecule has 26 heavy (non-hydrogen) atoms. The number of amides is 1. The van der Waals surface area contributed by atoms with E-state index in [1.165, 1.54) is 19.5 Å². The van der Waals surface area contributed by atoms with Crippen LogP contribution in [-0.2, 0) is 9.53 Å². The number of hydrogen-bond donors (Lipinski definition) is 2. The number of aliphatic hydroxyl groups excluding tert-OH is 1. The first kappa shape index (κ1) is 19.8. The average molecular weight is 365 g/mol. The van der Waals surface area contributed by atoms with Gasteiger partial charge in [-0.3, -0.25) is 9.59 Å². The fourth-order valence-corrected chi connectivity index (χ4v) is 4.04. The van der Waals surface area contributed by atoms with Crippen molar-refractivity contribution in [1.29, 1.82) is 0 Å². The summed E-state index contributed by atoms with van der Waals surface area (Å²) >= 11 is 0. The van der Waals surface area contributed by atoms with E-state index >= 15 is 0 Å². The quantitative estimate of drug-likeness (QED) is 0.590. The SMILES string of the molecule is CC[C@]1(CO)C[C@H]2CC[C@@H]1N2C(=O)c1cnc(C(=O)OC)cn1.O=CO. The van der Waals surface area contributed by atoms with Crippen LogP contribution >= 0.6 is 0 Å². The van der Waals surface area contributed by atoms with Gasteiger partial charge in [0.25, 0.3) is 12.4 Å². The maximum Gasteiger partial charge on any atom is 0.358 e. The summed E-state index contributed by atoms with van der Waals surface area (Å²) in [5.74, 6) is -0.756. The highest BCUT2D eigenvalue weighted by molar-refractivity contribution is 5.94. The van der Waals surface area contributed by atoms with Crippen molar-refractivity contribution >= 4 is 18.3 Å². The second-order valence-corrected chi connectivity index (χ2v) is 6.42. The number of ether oxygens (including phenoxy) is 1. The first-order valence-corrected chi connectivity index (χ1v) is 8.39. The van der Waals surface area contributed by atoms with E-state index in [1.807, 2.05) is 4.90 Å². The van der Waals surface area contributed by atoms with Crippen LogP contribution in [0.15, 0.2) is 12.4 Å². The fraction of sp³-hybridized carbons (Fsp3) is 0.588. The third-order valence-corrected chi connectivity index (χ3v) is 5.37. The highest BCUT2D eigenvalue weighted by Gasteiger charge is 2.56. The largest absolute Gasteiger partial charge is 0.483 e. The predicted molar refractivity (Wildman–Crippen MR) is 89.5 cm³/mol. The molecule has 9 heteroatoms. The minimum Gasteiger partial charge on any atom is -0.483 e. The lowest BCUT2D eigenvalue weighted by atomic mass is 9.72. The van der Waals surface area contributed by atoms with Crippen LogP contribution in [0.5, 0.6) is 0 Å². The van der Waals surface area contributed by atoms with Crippen LogP contribution in [0.2, 0.25) is 0 Å². The molecule has 2 N–H and O–H groups in total. The van der Waals surface area contributed by atoms with Crippen molar-refractivity contribution in [2.75, 3.05) is 13.7 Å². The summed E-state index contributed by atoms with van der Waals surface area (Å²) in [7, 11) is 1.27. The van der Waals surface area contributed by atoms with Gasteiger partial charge in [0.05, 0.1) is 26.1 Å². The van der Waals surface area contributed by atoms with Crippen LogP contribution in [0, 0.1) is 5.41 Å². The normalized spacial score (nSPS) is 26.0. The van der Waals surface area contributed by atoms with Crippen LogP contribution in [0.25, 0.3) is 0 Å². The van der Waals surface area contributed by atoms with Gasteiger partial charge in [-0.25, -0.2) is 14.8 Å². The number of nitrogens with zero attached hydrogens (tertiary/aromatic N) is 3. The molecular formula is C17H23N3O6. The topological polar surface area (TPSA) is 130 Å². The number of carbonyl (C=O) groups excluding carboxylic acids is 2. The molecule has 2 saturated heterocycles. The van der Waals surface area contributed by atoms with Crippen LogP contribution in [0.3, 0.4) is 0 Å². The second kappa shape index (κ2) is 8.22. The molecule has 1 amide bonds. The first-order valence-electron chi connectivity index (χ1n) is 8.39. The summed E-state index contributed by atoms with van der Waals surface area (Å²) in [6, 6.07) is 0.207. The van der Waals surface area contributed by atoms with Gasteiger partial charge in [0.15, 0.2) is 5.69 Å². The molecular weight excluding hydrogens is 342 g/mol. The number of esters is 1. The lowest BCUT2D eigenvalue weighted by Crippen LogP contribution is -2.42. The third-order valence-electron chi connectivity index (χ3n) is 5.37. The molecule has 1 aromatic rings. The van der Waals surface area contributed by atoms with Gasteiger partial charge in [0.1, 0.15) is 5.69 Å². The predicted octanol–water partition coefficient (Wildman–Crippen LogP) is 0.730. The van der Waals surface area contributed by atoms with Gasteiger partial charge in [0.2, 0.25) is 0 Å². The number of methoxy groups -OCH3 is 1. The van der Waals surface area contributed by atoms with Crippen LogP contribution in [0.4, 0.5) is 0 Å². The average Bonchev–Trinajstić information content (AvgIpc) is 3.23. The summed E-state index contributed by atoms with van der Waals surface area (Å²) < 4.78 is 4.57. The van der Waals surface area contributed by atoms with E-state index in [-0.39, 0.29) is 47.9 Å². The van der Waals surface area contributed by atoms with Gasteiger partial charge in [-0.05, 0) is 25.7 Å². The Balaban J connectivity index is 0.000000758. The molecule has 3 heterocycles. The van der Waals surface area contributed by atoms with Crippen LogP contribution in [0.1, 0.15) is 53.6 Å². The molecule has 0 unspecified atom stereocenters. The summed E-state index contributed by atoms with van der Waals surface area (Å²) in [6.07, 6.45) is 6.14. The van der Waals surface area contributed by atoms with E-state index in [9.17, 15) is 14.7 Å². The first-order chi connectivity index (χ1) is 12.5. The van der Waals surface area contributed by atoms with E-state index < -0.39 is 5.97 Å². The van der Waals surface area contributed by atoms with Crippen molar-refractivity contribution in [2.45, 2.75) is 44.7 Å². The smallest absolute Gasteiger partial charge is 0.358 e. The van der Waals surface area contributed by atoms with Gasteiger partial charge in [-0.15, -0.1) is 0 Å². The molecule has 0 radical (unpaired) electrons. The lowest BCUT2D eigenvalue weighted by molar-refractivity contribution is -0.122. The molecule has 0 spiro atoms. The molecule has 2 fully saturated rings. The maximum atomic E-state index is 12.8. The second-order valence-electron chi connectivity index (χ2n) is 6.42. The Bertz CT molecular complexity index is 659. The number of carbonyl (C=O) groups is 3. The van der Waals surface area contributed by atoms with Crippen LogP contribution in [-0.4, -0.2) is 69.2 Å². The zero-order chi connectivity index (χ0) is 19.3. The fourth-order valence-electron chi connectivity index (χ4n) is 4.04. The number of aliphatic hydroxyl groups is 1. The minimum atomic E-state index is -0.581. The summed E-state index contributed by atoms with van der Waals surface area (Å²) in [5, 5.41) is 16.7. The number of aromatic nitrogens is 2. The Morgan fingerprint density at radius 2 is 1.96 bits per heavy atom. The van der Waals surface area contributed by atoms with Crippen molar-refractivity contribution in [3.8, 4) is 0 Å². The molecule has 2 aliphatic heterocycles. The molecule has 1 aromatic heterocycles. The Morgan fingerprint density at radius 1 is 1.35 bits per heavy atom. The number of hydrogen-bond acceptors (Lipinski definition) is 7. The van der Waals surface area contributed by atoms with Crippen molar-refractivity contribution in [2.24, 2.45) is 5.41 Å². The van der Waals surface area contributed by atoms with Crippen molar-refractivity contribution in [1.82, 2.24) is 14.9 Å². The van der Waals surface area contributed by atoms with Gasteiger partial charge in [-0.2, -0.15) is 0 Å². The number of carboxylic acid groups (broad SMARTS) is 1. The Morgan fingerprint density at radius 3 is 2.42 bits per heavy atom. The van der Waals surface area contributed by atoms with Gasteiger partial charge in [-0.1, -0.05) is 6.92 Å². The molecule has 3 atom stereocenters. The summed E-state index contributed by atoms with van der Waals surface area (Å²) in [4.78, 5) is 42.4. The molecule has 0 aromatic carbocycles. The van der Waals surface area contributed by atoms with E-state index in [4.69, 9.17) is 9.90 Å². The third kappa shape index (κ3) is 3.39. The van der Waals surface area contributed by atoms with Gasteiger partial charge >= 0.3 is 5.97 Å². The van der Waals surface area contributed by atoms with Crippen molar-refractivity contribution in [3.63, 3.8) is 0 Å². The number of fused-ring (bicyclic) bond motifs is 2. The standard InChI is InChI=1S/C16H21N3O4.CH2O2/c1-3-16(9-20)6-10-4-5-13(16)19(10)14(21)11-7-18-12(8-17-11)15(22)23-2;2-1-3/h7-8,10,13,20H,3-6,9H2,1-2H3;1H,(H,2,3)/t10-,13+,16-;/m1./s1. The zero-order valence-corrected chi connectivity index (χ0v) is 14.8. The molecule has 3 rings (SSSR count). The highest BCUT2D eigenvalue weighted by atomic mass is 16.5. The monoisotopic (exact) mass is 365 g/mol. The van der Waals surface area contributed by atoms with Crippen LogP contribution < -0.4 is 0 Å². The summed E-state index contributed by atoms with van der Waals surface area (Å²) in [6.45, 7) is 1.91. The van der Waals surface area contributed by atoms with E-state index in [0.717, 1.165) is 25.7 Å². The molecule has 0 aliphatic carbocycles. The molecule has 9 nitrogen and oxygen atoms in total. The molecule has 142 valence electrons. The maximum absolute atomic E-state index is 12.8. The minimum absolute atomic E-state index is 0.0529. The van der Waals surface area contributed by atoms with E-state index in [1.54, 1.807) is 0 Å². The lowest BCUT2D eigenvalue weighted by Gasteiger charge is -2.34. The molecule has 2 aliphatic rings. The zero-order valence-electron chi connectivity index (χ0n) is 14.8. The Kier molecular flexibility index (Phi) is 6.25. The van der Waals surface area contributed by atoms with Crippen molar-refractivity contribution in [3.05, 3.63) is 23.8 Å². The Labute approximate surface area is 151 Å². The van der Waals surface area contributed by atoms with E-state index in [0.29, 0.717) is 0 Å². The van der Waals surface area contributed by atoms with Gasteiger partial charge < -0.3 is 19.8 Å². The highest BCUT2D eigenvalue weighted by Crippen LogP contribution is 2.51. The summed E-state index contributed by atoms with van der Waals surface area (Å²) in [5.41, 5.74) is 0.101. The van der Waals surface area contributed by atoms with Crippen molar-refractivity contribution < 1.29 is 29.3 Å². The molecule has 0 saturated carbocycles. The van der Waals surface area contributed by atoms with E-state index in [2.05, 4.69) is 21.6 Å². The Hall–Kier alpha value is -2.55. The van der Waals surface area contributed by atoms with Gasteiger partial charge in [0, 0.05) is 17.5 Å². The number of rotatable bonds is 4.